The molecule has 5 heteroatoms. The predicted molar refractivity (Wildman–Crippen MR) is 75.3 cm³/mol. The number of rotatable bonds is 7. The van der Waals surface area contributed by atoms with Gasteiger partial charge in [-0.15, -0.1) is 0 Å². The maximum atomic E-state index is 11.7. The first-order valence-electron chi connectivity index (χ1n) is 6.60. The van der Waals surface area contributed by atoms with Gasteiger partial charge in [0.15, 0.2) is 5.78 Å². The molecule has 1 atom stereocenters. The third kappa shape index (κ3) is 6.33. The zero-order valence-corrected chi connectivity index (χ0v) is 12.1. The molecule has 0 saturated carbocycles. The second kappa shape index (κ2) is 8.32. The van der Waals surface area contributed by atoms with Crippen molar-refractivity contribution in [3.63, 3.8) is 0 Å². The van der Waals surface area contributed by atoms with Crippen LogP contribution >= 0.6 is 0 Å². The highest BCUT2D eigenvalue weighted by Crippen LogP contribution is 2.01. The van der Waals surface area contributed by atoms with E-state index in [0.717, 1.165) is 5.56 Å². The maximum Gasteiger partial charge on any atom is 0.408 e. The van der Waals surface area contributed by atoms with E-state index >= 15 is 0 Å². The van der Waals surface area contributed by atoms with E-state index in [0.29, 0.717) is 0 Å². The molecule has 0 bridgehead atoms. The van der Waals surface area contributed by atoms with Crippen molar-refractivity contribution in [1.29, 1.82) is 0 Å². The van der Waals surface area contributed by atoms with E-state index in [1.54, 1.807) is 6.92 Å². The molecule has 1 unspecified atom stereocenters. The van der Waals surface area contributed by atoms with Gasteiger partial charge in [0.1, 0.15) is 13.2 Å². The van der Waals surface area contributed by atoms with Gasteiger partial charge in [-0.3, -0.25) is 4.79 Å². The molecular formula is C15H21NO4. The number of carbonyl (C=O) groups is 2. The highest BCUT2D eigenvalue weighted by Gasteiger charge is 2.16. The van der Waals surface area contributed by atoms with E-state index in [4.69, 9.17) is 9.47 Å². The SMILES string of the molecule is CC(C)OCC(=O)C(C)NC(=O)OCc1ccccc1. The normalized spacial score (nSPS) is 12.0. The number of ketones is 1. The van der Waals surface area contributed by atoms with Gasteiger partial charge in [0.2, 0.25) is 0 Å². The molecule has 0 fully saturated rings. The van der Waals surface area contributed by atoms with Crippen molar-refractivity contribution in [2.24, 2.45) is 0 Å². The predicted octanol–water partition coefficient (Wildman–Crippen LogP) is 2.30. The number of alkyl carbamates (subject to hydrolysis) is 1. The summed E-state index contributed by atoms with van der Waals surface area (Å²) >= 11 is 0. The smallest absolute Gasteiger partial charge is 0.408 e. The molecule has 1 rings (SSSR count). The lowest BCUT2D eigenvalue weighted by Crippen LogP contribution is -2.40. The number of ether oxygens (including phenoxy) is 2. The fourth-order valence-corrected chi connectivity index (χ4v) is 1.40. The molecule has 0 aliphatic carbocycles. The second-order valence-electron chi connectivity index (χ2n) is 4.75. The first-order valence-corrected chi connectivity index (χ1v) is 6.60. The summed E-state index contributed by atoms with van der Waals surface area (Å²) in [5.74, 6) is -0.185. The summed E-state index contributed by atoms with van der Waals surface area (Å²) < 4.78 is 10.2. The summed E-state index contributed by atoms with van der Waals surface area (Å²) in [5, 5.41) is 2.48. The lowest BCUT2D eigenvalue weighted by Gasteiger charge is -2.14. The van der Waals surface area contributed by atoms with Crippen LogP contribution in [0.4, 0.5) is 4.79 Å². The minimum Gasteiger partial charge on any atom is -0.445 e. The number of Topliss-reactive ketones (excluding diaryl/α,β-unsaturated/α-hetero) is 1. The van der Waals surface area contributed by atoms with Crippen molar-refractivity contribution in [3.05, 3.63) is 35.9 Å². The Morgan fingerprint density at radius 3 is 2.40 bits per heavy atom. The monoisotopic (exact) mass is 279 g/mol. The Morgan fingerprint density at radius 1 is 1.15 bits per heavy atom. The Kier molecular flexibility index (Phi) is 6.73. The molecule has 0 aliphatic rings. The summed E-state index contributed by atoms with van der Waals surface area (Å²) in [4.78, 5) is 23.2. The van der Waals surface area contributed by atoms with E-state index in [1.807, 2.05) is 44.2 Å². The van der Waals surface area contributed by atoms with Gasteiger partial charge in [0, 0.05) is 0 Å². The molecule has 0 saturated heterocycles. The second-order valence-corrected chi connectivity index (χ2v) is 4.75. The van der Waals surface area contributed by atoms with Crippen LogP contribution < -0.4 is 5.32 Å². The number of amides is 1. The highest BCUT2D eigenvalue weighted by molar-refractivity contribution is 5.87. The Bertz CT molecular complexity index is 431. The van der Waals surface area contributed by atoms with Gasteiger partial charge in [-0.25, -0.2) is 4.79 Å². The molecule has 0 aliphatic heterocycles. The number of hydrogen-bond donors (Lipinski definition) is 1. The largest absolute Gasteiger partial charge is 0.445 e. The van der Waals surface area contributed by atoms with Crippen LogP contribution in [0.1, 0.15) is 26.3 Å². The van der Waals surface area contributed by atoms with Crippen LogP contribution in [0.3, 0.4) is 0 Å². The zero-order valence-electron chi connectivity index (χ0n) is 12.1. The molecule has 1 N–H and O–H groups in total. The maximum absolute atomic E-state index is 11.7. The molecule has 1 aromatic carbocycles. The summed E-state index contributed by atoms with van der Waals surface area (Å²) in [5.41, 5.74) is 0.893. The fourth-order valence-electron chi connectivity index (χ4n) is 1.40. The molecule has 20 heavy (non-hydrogen) atoms. The van der Waals surface area contributed by atoms with Gasteiger partial charge in [-0.1, -0.05) is 30.3 Å². The number of hydrogen-bond acceptors (Lipinski definition) is 4. The molecule has 1 aromatic rings. The summed E-state index contributed by atoms with van der Waals surface area (Å²) in [6.07, 6.45) is -0.629. The van der Waals surface area contributed by atoms with Gasteiger partial charge >= 0.3 is 6.09 Å². The fraction of sp³-hybridized carbons (Fsp3) is 0.467. The minimum atomic E-state index is -0.628. The van der Waals surface area contributed by atoms with Crippen LogP contribution in [0, 0.1) is 0 Å². The topological polar surface area (TPSA) is 64.6 Å². The van der Waals surface area contributed by atoms with Crippen LogP contribution in [0.2, 0.25) is 0 Å². The van der Waals surface area contributed by atoms with E-state index in [-0.39, 0.29) is 25.1 Å². The van der Waals surface area contributed by atoms with Crippen molar-refractivity contribution in [2.75, 3.05) is 6.61 Å². The summed E-state index contributed by atoms with van der Waals surface area (Å²) in [6.45, 7) is 5.46. The first kappa shape index (κ1) is 16.2. The average Bonchev–Trinajstić information content (AvgIpc) is 2.43. The quantitative estimate of drug-likeness (QED) is 0.831. The summed E-state index contributed by atoms with van der Waals surface area (Å²) in [6, 6.07) is 8.71. The van der Waals surface area contributed by atoms with E-state index < -0.39 is 12.1 Å². The highest BCUT2D eigenvalue weighted by atomic mass is 16.5. The van der Waals surface area contributed by atoms with Gasteiger partial charge in [-0.2, -0.15) is 0 Å². The number of carbonyl (C=O) groups excluding carboxylic acids is 2. The zero-order chi connectivity index (χ0) is 15.0. The molecule has 0 aromatic heterocycles. The molecule has 110 valence electrons. The van der Waals surface area contributed by atoms with Crippen LogP contribution in [-0.4, -0.2) is 30.6 Å². The Hall–Kier alpha value is -1.88. The lowest BCUT2D eigenvalue weighted by molar-refractivity contribution is -0.126. The van der Waals surface area contributed by atoms with E-state index in [2.05, 4.69) is 5.32 Å². The lowest BCUT2D eigenvalue weighted by atomic mass is 10.2. The Balaban J connectivity index is 2.29. The van der Waals surface area contributed by atoms with Gasteiger partial charge < -0.3 is 14.8 Å². The standard InChI is InChI=1S/C15H21NO4/c1-11(2)19-10-14(17)12(3)16-15(18)20-9-13-7-5-4-6-8-13/h4-8,11-12H,9-10H2,1-3H3,(H,16,18). The molecule has 1 amide bonds. The van der Waals surface area contributed by atoms with Crippen LogP contribution in [0.25, 0.3) is 0 Å². The van der Waals surface area contributed by atoms with E-state index in [9.17, 15) is 9.59 Å². The number of benzene rings is 1. The average molecular weight is 279 g/mol. The molecule has 0 spiro atoms. The molecule has 0 heterocycles. The van der Waals surface area contributed by atoms with Gasteiger partial charge in [-0.05, 0) is 26.3 Å². The third-order valence-corrected chi connectivity index (χ3v) is 2.59. The molecule has 5 nitrogen and oxygen atoms in total. The van der Waals surface area contributed by atoms with Crippen LogP contribution in [0.5, 0.6) is 0 Å². The van der Waals surface area contributed by atoms with Gasteiger partial charge in [0.05, 0.1) is 12.1 Å². The van der Waals surface area contributed by atoms with Crippen molar-refractivity contribution in [2.45, 2.75) is 39.5 Å². The Labute approximate surface area is 119 Å². The first-order chi connectivity index (χ1) is 9.49. The number of nitrogens with one attached hydrogen (secondary N) is 1. The Morgan fingerprint density at radius 2 is 1.80 bits per heavy atom. The minimum absolute atomic E-state index is 0.0161. The van der Waals surface area contributed by atoms with Crippen molar-refractivity contribution < 1.29 is 19.1 Å². The molecule has 0 radical (unpaired) electrons. The van der Waals surface area contributed by atoms with E-state index in [1.165, 1.54) is 0 Å². The van der Waals surface area contributed by atoms with Crippen LogP contribution in [0.15, 0.2) is 30.3 Å². The van der Waals surface area contributed by atoms with Gasteiger partial charge in [0.25, 0.3) is 0 Å². The molecular weight excluding hydrogens is 258 g/mol. The van der Waals surface area contributed by atoms with Crippen molar-refractivity contribution >= 4 is 11.9 Å². The van der Waals surface area contributed by atoms with Crippen LogP contribution in [-0.2, 0) is 20.9 Å². The van der Waals surface area contributed by atoms with Crippen molar-refractivity contribution in [1.82, 2.24) is 5.32 Å². The summed E-state index contributed by atoms with van der Waals surface area (Å²) in [7, 11) is 0. The third-order valence-electron chi connectivity index (χ3n) is 2.59. The van der Waals surface area contributed by atoms with Crippen molar-refractivity contribution in [3.8, 4) is 0 Å².